The van der Waals surface area contributed by atoms with Crippen LogP contribution in [0.2, 0.25) is 0 Å². The van der Waals surface area contributed by atoms with Gasteiger partial charge in [0.2, 0.25) is 0 Å². The number of nitrogens with two attached hydrogens (primary N) is 1. The van der Waals surface area contributed by atoms with Gasteiger partial charge >= 0.3 is 6.03 Å². The molecule has 1 aliphatic rings. The molecule has 1 aliphatic heterocycles. The number of nitrogens with zero attached hydrogens (tertiary/aromatic N) is 6. The molecular formula is C25H36N8O4. The first-order valence-electron chi connectivity index (χ1n) is 12.2. The van der Waals surface area contributed by atoms with Gasteiger partial charge in [-0.2, -0.15) is 0 Å². The fourth-order valence-corrected chi connectivity index (χ4v) is 4.30. The van der Waals surface area contributed by atoms with Crippen LogP contribution in [0.5, 0.6) is 0 Å². The van der Waals surface area contributed by atoms with Gasteiger partial charge in [0.15, 0.2) is 17.2 Å². The number of anilines is 2. The minimum Gasteiger partial charge on any atom is -0.385 e. The summed E-state index contributed by atoms with van der Waals surface area (Å²) in [5, 5.41) is 25.1. The molecule has 0 spiro atoms. The number of amides is 2. The lowest BCUT2D eigenvalue weighted by Gasteiger charge is -2.29. The molecule has 0 bridgehead atoms. The van der Waals surface area contributed by atoms with Crippen molar-refractivity contribution in [3.8, 4) is 0 Å². The first kappa shape index (κ1) is 26.7. The molecule has 4 rings (SSSR count). The van der Waals surface area contributed by atoms with Crippen molar-refractivity contribution in [3.63, 3.8) is 0 Å². The van der Waals surface area contributed by atoms with E-state index in [2.05, 4.69) is 41.0 Å². The Hall–Kier alpha value is -3.32. The normalized spacial score (nSPS) is 22.1. The van der Waals surface area contributed by atoms with Gasteiger partial charge < -0.3 is 35.8 Å². The van der Waals surface area contributed by atoms with Crippen molar-refractivity contribution in [3.05, 3.63) is 42.5 Å². The number of carbonyl (C=O) groups excluding carboxylic acids is 1. The molecule has 3 atom stereocenters. The molecule has 3 heterocycles. The van der Waals surface area contributed by atoms with E-state index in [1.165, 1.54) is 22.8 Å². The van der Waals surface area contributed by atoms with E-state index in [-0.39, 0.29) is 23.9 Å². The number of rotatable bonds is 7. The number of imidazole rings is 1. The van der Waals surface area contributed by atoms with Gasteiger partial charge in [-0.3, -0.25) is 4.57 Å². The van der Waals surface area contributed by atoms with Crippen molar-refractivity contribution in [2.75, 3.05) is 51.4 Å². The van der Waals surface area contributed by atoms with Crippen molar-refractivity contribution >= 4 is 28.7 Å². The number of aliphatic hydroxyl groups is 2. The lowest BCUT2D eigenvalue weighted by atomic mass is 9.87. The van der Waals surface area contributed by atoms with Gasteiger partial charge in [0.1, 0.15) is 24.1 Å². The maximum Gasteiger partial charge on any atom is 0.321 e. The standard InChI is InChI=1S/C25H36N8O4/c1-24(2,3)16-6-8-17(9-7-16)30-23(35)32(5)11-10-31(4)12-18-20(34)25(36,13-37-18)33-15-29-19-21(26)27-14-28-22(19)33/h6-9,14-15,18,20,34,36H,10-13H2,1-5H3,(H,30,35)(H2,26,27,28). The molecule has 37 heavy (non-hydrogen) atoms. The number of aromatic nitrogens is 4. The van der Waals surface area contributed by atoms with Gasteiger partial charge in [-0.15, -0.1) is 0 Å². The van der Waals surface area contributed by atoms with Crippen LogP contribution in [0.4, 0.5) is 16.3 Å². The third-order valence-electron chi connectivity index (χ3n) is 6.77. The average Bonchev–Trinajstić information content (AvgIpc) is 3.41. The third kappa shape index (κ3) is 5.52. The van der Waals surface area contributed by atoms with E-state index in [4.69, 9.17) is 10.5 Å². The molecule has 1 fully saturated rings. The Balaban J connectivity index is 1.29. The highest BCUT2D eigenvalue weighted by molar-refractivity contribution is 5.89. The maximum absolute atomic E-state index is 12.6. The van der Waals surface area contributed by atoms with Crippen LogP contribution in [0.3, 0.4) is 0 Å². The highest BCUT2D eigenvalue weighted by atomic mass is 16.5. The molecule has 12 heteroatoms. The minimum atomic E-state index is -1.75. The first-order chi connectivity index (χ1) is 17.4. The van der Waals surface area contributed by atoms with Gasteiger partial charge in [-0.1, -0.05) is 32.9 Å². The lowest BCUT2D eigenvalue weighted by molar-refractivity contribution is -0.108. The number of nitrogen functional groups attached to an aromatic ring is 1. The van der Waals surface area contributed by atoms with Crippen LogP contribution >= 0.6 is 0 Å². The second kappa shape index (κ2) is 10.2. The topological polar surface area (TPSA) is 155 Å². The SMILES string of the molecule is CN(CCN(C)C(=O)Nc1ccc(C(C)(C)C)cc1)CC1OCC(O)(n2cnc3c(N)ncnc32)C1O. The number of nitrogens with one attached hydrogen (secondary N) is 1. The summed E-state index contributed by atoms with van der Waals surface area (Å²) in [6.07, 6.45) is 0.756. The molecule has 1 aromatic carbocycles. The molecule has 2 amide bonds. The number of carbonyl (C=O) groups is 1. The molecule has 3 unspecified atom stereocenters. The predicted molar refractivity (Wildman–Crippen MR) is 140 cm³/mol. The van der Waals surface area contributed by atoms with Crippen molar-refractivity contribution in [1.82, 2.24) is 29.3 Å². The third-order valence-corrected chi connectivity index (χ3v) is 6.77. The Labute approximate surface area is 216 Å². The Morgan fingerprint density at radius 1 is 1.22 bits per heavy atom. The molecule has 0 aliphatic carbocycles. The molecule has 3 aromatic rings. The van der Waals surface area contributed by atoms with Crippen molar-refractivity contribution in [1.29, 1.82) is 0 Å². The van der Waals surface area contributed by atoms with E-state index >= 15 is 0 Å². The molecule has 12 nitrogen and oxygen atoms in total. The van der Waals surface area contributed by atoms with Crippen LogP contribution in [0, 0.1) is 0 Å². The predicted octanol–water partition coefficient (Wildman–Crippen LogP) is 1.21. The molecule has 0 saturated carbocycles. The van der Waals surface area contributed by atoms with Gasteiger partial charge in [-0.25, -0.2) is 19.7 Å². The van der Waals surface area contributed by atoms with Crippen LogP contribution in [0.25, 0.3) is 11.2 Å². The van der Waals surface area contributed by atoms with Crippen LogP contribution in [0.1, 0.15) is 26.3 Å². The summed E-state index contributed by atoms with van der Waals surface area (Å²) in [5.74, 6) is 0.187. The summed E-state index contributed by atoms with van der Waals surface area (Å²) in [6.45, 7) is 7.63. The summed E-state index contributed by atoms with van der Waals surface area (Å²) in [6, 6.07) is 7.64. The van der Waals surface area contributed by atoms with Crippen LogP contribution < -0.4 is 11.1 Å². The minimum absolute atomic E-state index is 0.0468. The lowest BCUT2D eigenvalue weighted by Crippen LogP contribution is -2.48. The van der Waals surface area contributed by atoms with Gasteiger partial charge in [0.25, 0.3) is 0 Å². The number of ether oxygens (including phenoxy) is 1. The zero-order valence-corrected chi connectivity index (χ0v) is 21.9. The summed E-state index contributed by atoms with van der Waals surface area (Å²) < 4.78 is 7.14. The fourth-order valence-electron chi connectivity index (χ4n) is 4.30. The van der Waals surface area contributed by atoms with E-state index in [0.717, 1.165) is 5.69 Å². The largest absolute Gasteiger partial charge is 0.385 e. The first-order valence-corrected chi connectivity index (χ1v) is 12.2. The van der Waals surface area contributed by atoms with Crippen LogP contribution in [0.15, 0.2) is 36.9 Å². The second-order valence-electron chi connectivity index (χ2n) is 10.7. The van der Waals surface area contributed by atoms with Gasteiger partial charge in [0.05, 0.1) is 12.9 Å². The highest BCUT2D eigenvalue weighted by Gasteiger charge is 2.50. The number of hydrogen-bond acceptors (Lipinski definition) is 9. The molecule has 1 saturated heterocycles. The zero-order chi connectivity index (χ0) is 27.0. The monoisotopic (exact) mass is 512 g/mol. The number of aliphatic hydroxyl groups excluding tert-OH is 1. The average molecular weight is 513 g/mol. The summed E-state index contributed by atoms with van der Waals surface area (Å²) in [5.41, 5.74) is 6.73. The Kier molecular flexibility index (Phi) is 7.38. The van der Waals surface area contributed by atoms with Crippen LogP contribution in [-0.2, 0) is 15.9 Å². The second-order valence-corrected chi connectivity index (χ2v) is 10.7. The summed E-state index contributed by atoms with van der Waals surface area (Å²) >= 11 is 0. The van der Waals surface area contributed by atoms with Crippen LogP contribution in [-0.4, -0.2) is 98.1 Å². The zero-order valence-electron chi connectivity index (χ0n) is 21.9. The van der Waals surface area contributed by atoms with Gasteiger partial charge in [0, 0.05) is 32.4 Å². The number of fused-ring (bicyclic) bond motifs is 1. The Morgan fingerprint density at radius 3 is 2.59 bits per heavy atom. The molecule has 0 radical (unpaired) electrons. The molecular weight excluding hydrogens is 476 g/mol. The van der Waals surface area contributed by atoms with E-state index < -0.39 is 17.9 Å². The van der Waals surface area contributed by atoms with E-state index in [0.29, 0.717) is 30.8 Å². The van der Waals surface area contributed by atoms with Crippen molar-refractivity contribution in [2.45, 2.75) is 44.1 Å². The van der Waals surface area contributed by atoms with E-state index in [9.17, 15) is 15.0 Å². The highest BCUT2D eigenvalue weighted by Crippen LogP contribution is 2.32. The van der Waals surface area contributed by atoms with Gasteiger partial charge in [-0.05, 0) is 30.2 Å². The molecule has 5 N–H and O–H groups in total. The van der Waals surface area contributed by atoms with Crippen molar-refractivity contribution in [2.24, 2.45) is 0 Å². The van der Waals surface area contributed by atoms with Crippen molar-refractivity contribution < 1.29 is 19.7 Å². The smallest absolute Gasteiger partial charge is 0.321 e. The summed E-state index contributed by atoms with van der Waals surface area (Å²) in [7, 11) is 3.59. The van der Waals surface area contributed by atoms with E-state index in [1.807, 2.05) is 36.2 Å². The molecule has 200 valence electrons. The van der Waals surface area contributed by atoms with E-state index in [1.54, 1.807) is 11.9 Å². The Bertz CT molecular complexity index is 1240. The number of hydrogen-bond donors (Lipinski definition) is 4. The maximum atomic E-state index is 12.6. The number of urea groups is 1. The fraction of sp³-hybridized carbons (Fsp3) is 0.520. The molecule has 2 aromatic heterocycles. The Morgan fingerprint density at radius 2 is 1.92 bits per heavy atom. The number of benzene rings is 1. The quantitative estimate of drug-likeness (QED) is 0.365. The number of likely N-dealkylation sites (N-methyl/N-ethyl adjacent to an activating group) is 2. The summed E-state index contributed by atoms with van der Waals surface area (Å²) in [4.78, 5) is 28.4.